The van der Waals surface area contributed by atoms with Crippen LogP contribution in [0.1, 0.15) is 30.6 Å². The summed E-state index contributed by atoms with van der Waals surface area (Å²) in [4.78, 5) is 11.8. The van der Waals surface area contributed by atoms with E-state index in [1.54, 1.807) is 12.1 Å². The quantitative estimate of drug-likeness (QED) is 0.681. The van der Waals surface area contributed by atoms with E-state index in [-0.39, 0.29) is 5.97 Å². The van der Waals surface area contributed by atoms with Crippen molar-refractivity contribution < 1.29 is 9.53 Å². The molecule has 1 aromatic carbocycles. The first kappa shape index (κ1) is 13.4. The van der Waals surface area contributed by atoms with Crippen molar-refractivity contribution >= 4 is 28.6 Å². The fourth-order valence-corrected chi connectivity index (χ4v) is 1.65. The summed E-state index contributed by atoms with van der Waals surface area (Å²) < 4.78 is 6.48. The Bertz CT molecular complexity index is 360. The van der Waals surface area contributed by atoms with Gasteiger partial charge in [-0.15, -0.1) is 0 Å². The van der Waals surface area contributed by atoms with Gasteiger partial charge >= 0.3 is 5.97 Å². The van der Waals surface area contributed by atoms with E-state index >= 15 is 0 Å². The molecule has 0 aliphatic carbocycles. The molecule has 0 heterocycles. The standard InChI is InChI=1S/C12H16INO2/c1-12(2,7-8-14)16-11(15)9-3-5-10(13)6-4-9/h3-6H,7-8,14H2,1-2H3. The highest BCUT2D eigenvalue weighted by molar-refractivity contribution is 14.1. The number of nitrogens with two attached hydrogens (primary N) is 1. The van der Waals surface area contributed by atoms with Crippen molar-refractivity contribution in [3.05, 3.63) is 33.4 Å². The van der Waals surface area contributed by atoms with E-state index in [0.717, 1.165) is 3.57 Å². The van der Waals surface area contributed by atoms with Crippen LogP contribution in [0.3, 0.4) is 0 Å². The predicted octanol–water partition coefficient (Wildman–Crippen LogP) is 2.58. The molecule has 0 amide bonds. The molecule has 88 valence electrons. The maximum absolute atomic E-state index is 11.8. The van der Waals surface area contributed by atoms with Gasteiger partial charge in [-0.2, -0.15) is 0 Å². The van der Waals surface area contributed by atoms with Crippen molar-refractivity contribution in [3.8, 4) is 0 Å². The van der Waals surface area contributed by atoms with Crippen molar-refractivity contribution in [2.75, 3.05) is 6.54 Å². The molecule has 3 nitrogen and oxygen atoms in total. The molecule has 0 radical (unpaired) electrons. The fourth-order valence-electron chi connectivity index (χ4n) is 1.29. The van der Waals surface area contributed by atoms with Gasteiger partial charge in [0.1, 0.15) is 5.60 Å². The highest BCUT2D eigenvalue weighted by atomic mass is 127. The van der Waals surface area contributed by atoms with Gasteiger partial charge in [0.2, 0.25) is 0 Å². The fraction of sp³-hybridized carbons (Fsp3) is 0.417. The molecule has 0 saturated heterocycles. The largest absolute Gasteiger partial charge is 0.456 e. The molecule has 0 aliphatic heterocycles. The van der Waals surface area contributed by atoms with Crippen LogP contribution in [0, 0.1) is 3.57 Å². The van der Waals surface area contributed by atoms with Crippen molar-refractivity contribution in [1.29, 1.82) is 0 Å². The SMILES string of the molecule is CC(C)(CCN)OC(=O)c1ccc(I)cc1. The number of rotatable bonds is 4. The second-order valence-corrected chi connectivity index (χ2v) is 5.44. The third-order valence-electron chi connectivity index (χ3n) is 2.20. The molecule has 16 heavy (non-hydrogen) atoms. The number of benzene rings is 1. The molecule has 0 spiro atoms. The van der Waals surface area contributed by atoms with E-state index in [1.165, 1.54) is 0 Å². The lowest BCUT2D eigenvalue weighted by Gasteiger charge is -2.24. The molecule has 0 aromatic heterocycles. The molecule has 0 aliphatic rings. The summed E-state index contributed by atoms with van der Waals surface area (Å²) in [6.07, 6.45) is 0.656. The summed E-state index contributed by atoms with van der Waals surface area (Å²) in [5.74, 6) is -0.296. The molecule has 4 heteroatoms. The third-order valence-corrected chi connectivity index (χ3v) is 2.91. The Morgan fingerprint density at radius 2 is 1.94 bits per heavy atom. The third kappa shape index (κ3) is 4.09. The normalized spacial score (nSPS) is 11.2. The van der Waals surface area contributed by atoms with Crippen molar-refractivity contribution in [2.24, 2.45) is 5.73 Å². The van der Waals surface area contributed by atoms with Crippen LogP contribution in [-0.2, 0) is 4.74 Å². The molecule has 0 atom stereocenters. The van der Waals surface area contributed by atoms with E-state index in [1.807, 2.05) is 26.0 Å². The van der Waals surface area contributed by atoms with Crippen molar-refractivity contribution in [2.45, 2.75) is 25.9 Å². The molecule has 0 saturated carbocycles. The molecule has 1 aromatic rings. The Hall–Kier alpha value is -0.620. The van der Waals surface area contributed by atoms with E-state index < -0.39 is 5.60 Å². The van der Waals surface area contributed by atoms with Gasteiger partial charge in [0.15, 0.2) is 0 Å². The zero-order valence-electron chi connectivity index (χ0n) is 9.50. The van der Waals surface area contributed by atoms with Gasteiger partial charge in [0, 0.05) is 3.57 Å². The number of carbonyl (C=O) groups excluding carboxylic acids is 1. The van der Waals surface area contributed by atoms with Crippen LogP contribution < -0.4 is 5.73 Å². The first-order chi connectivity index (χ1) is 7.44. The van der Waals surface area contributed by atoms with Crippen LogP contribution in [0.5, 0.6) is 0 Å². The Labute approximate surface area is 109 Å². The Morgan fingerprint density at radius 1 is 1.38 bits per heavy atom. The monoisotopic (exact) mass is 333 g/mol. The molecule has 1 rings (SSSR count). The summed E-state index contributed by atoms with van der Waals surface area (Å²) in [7, 11) is 0. The maximum Gasteiger partial charge on any atom is 0.338 e. The Morgan fingerprint density at radius 3 is 2.44 bits per heavy atom. The van der Waals surface area contributed by atoms with Crippen molar-refractivity contribution in [1.82, 2.24) is 0 Å². The summed E-state index contributed by atoms with van der Waals surface area (Å²) in [6, 6.07) is 7.30. The number of hydrogen-bond acceptors (Lipinski definition) is 3. The van der Waals surface area contributed by atoms with E-state index in [0.29, 0.717) is 18.5 Å². The number of esters is 1. The summed E-state index contributed by atoms with van der Waals surface area (Å²) in [5, 5.41) is 0. The Kier molecular flexibility index (Phi) is 4.73. The highest BCUT2D eigenvalue weighted by Crippen LogP contribution is 2.17. The number of hydrogen-bond donors (Lipinski definition) is 1. The van der Waals surface area contributed by atoms with Gasteiger partial charge in [-0.05, 0) is 73.7 Å². The number of halogens is 1. The molecule has 2 N–H and O–H groups in total. The molecule has 0 bridgehead atoms. The minimum Gasteiger partial charge on any atom is -0.456 e. The Balaban J connectivity index is 2.69. The van der Waals surface area contributed by atoms with E-state index in [2.05, 4.69) is 22.6 Å². The van der Waals surface area contributed by atoms with Crippen LogP contribution in [0.4, 0.5) is 0 Å². The van der Waals surface area contributed by atoms with Crippen LogP contribution in [0.2, 0.25) is 0 Å². The molecular weight excluding hydrogens is 317 g/mol. The first-order valence-corrected chi connectivity index (χ1v) is 6.21. The van der Waals surface area contributed by atoms with E-state index in [4.69, 9.17) is 10.5 Å². The van der Waals surface area contributed by atoms with Gasteiger partial charge < -0.3 is 10.5 Å². The lowest BCUT2D eigenvalue weighted by atomic mass is 10.1. The van der Waals surface area contributed by atoms with Gasteiger partial charge in [0.25, 0.3) is 0 Å². The van der Waals surface area contributed by atoms with Crippen LogP contribution in [0.15, 0.2) is 24.3 Å². The van der Waals surface area contributed by atoms with Crippen molar-refractivity contribution in [3.63, 3.8) is 0 Å². The maximum atomic E-state index is 11.8. The van der Waals surface area contributed by atoms with Gasteiger partial charge in [-0.3, -0.25) is 0 Å². The summed E-state index contributed by atoms with van der Waals surface area (Å²) in [5.41, 5.74) is 5.53. The molecule has 0 unspecified atom stereocenters. The average Bonchev–Trinajstić information content (AvgIpc) is 2.17. The first-order valence-electron chi connectivity index (χ1n) is 5.13. The minimum atomic E-state index is -0.505. The van der Waals surface area contributed by atoms with Gasteiger partial charge in [0.05, 0.1) is 5.56 Å². The predicted molar refractivity (Wildman–Crippen MR) is 72.3 cm³/mol. The smallest absolute Gasteiger partial charge is 0.338 e. The van der Waals surface area contributed by atoms with Crippen LogP contribution >= 0.6 is 22.6 Å². The zero-order chi connectivity index (χ0) is 12.2. The topological polar surface area (TPSA) is 52.3 Å². The lowest BCUT2D eigenvalue weighted by Crippen LogP contribution is -2.30. The number of ether oxygens (including phenoxy) is 1. The summed E-state index contributed by atoms with van der Waals surface area (Å²) in [6.45, 7) is 4.24. The zero-order valence-corrected chi connectivity index (χ0v) is 11.7. The van der Waals surface area contributed by atoms with Crippen LogP contribution in [-0.4, -0.2) is 18.1 Å². The summed E-state index contributed by atoms with van der Waals surface area (Å²) >= 11 is 2.19. The molecular formula is C12H16INO2. The van der Waals surface area contributed by atoms with Gasteiger partial charge in [-0.1, -0.05) is 0 Å². The van der Waals surface area contributed by atoms with E-state index in [9.17, 15) is 4.79 Å². The number of carbonyl (C=O) groups is 1. The van der Waals surface area contributed by atoms with Crippen LogP contribution in [0.25, 0.3) is 0 Å². The molecule has 0 fully saturated rings. The second kappa shape index (κ2) is 5.63. The minimum absolute atomic E-state index is 0.296. The van der Waals surface area contributed by atoms with Gasteiger partial charge in [-0.25, -0.2) is 4.79 Å². The second-order valence-electron chi connectivity index (χ2n) is 4.19. The average molecular weight is 333 g/mol. The lowest BCUT2D eigenvalue weighted by molar-refractivity contribution is -0.00336. The highest BCUT2D eigenvalue weighted by Gasteiger charge is 2.22.